The van der Waals surface area contributed by atoms with Crippen LogP contribution in [0.25, 0.3) is 0 Å². The van der Waals surface area contributed by atoms with E-state index in [0.717, 1.165) is 25.2 Å². The van der Waals surface area contributed by atoms with E-state index in [-0.39, 0.29) is 6.10 Å². The van der Waals surface area contributed by atoms with E-state index in [9.17, 15) is 5.11 Å². The van der Waals surface area contributed by atoms with Crippen LogP contribution in [0.1, 0.15) is 58.3 Å². The Morgan fingerprint density at radius 2 is 1.87 bits per heavy atom. The molecule has 4 unspecified atom stereocenters. The second-order valence-corrected chi connectivity index (χ2v) is 5.29. The summed E-state index contributed by atoms with van der Waals surface area (Å²) in [6.07, 6.45) is 10.1. The molecule has 15 heavy (non-hydrogen) atoms. The van der Waals surface area contributed by atoms with Crippen LogP contribution in [0.15, 0.2) is 0 Å². The Hall–Kier alpha value is -0.0800. The Kier molecular flexibility index (Phi) is 4.04. The average molecular weight is 212 g/mol. The van der Waals surface area contributed by atoms with Gasteiger partial charge in [0.25, 0.3) is 0 Å². The minimum Gasteiger partial charge on any atom is -0.393 e. The SMILES string of the molecule is CCC1CCCC(OC2CCC(O)C2)C1. The molecule has 2 nitrogen and oxygen atoms in total. The summed E-state index contributed by atoms with van der Waals surface area (Å²) in [6.45, 7) is 2.28. The molecule has 0 heterocycles. The van der Waals surface area contributed by atoms with E-state index in [1.165, 1.54) is 32.1 Å². The maximum Gasteiger partial charge on any atom is 0.0604 e. The Morgan fingerprint density at radius 3 is 2.53 bits per heavy atom. The van der Waals surface area contributed by atoms with Gasteiger partial charge >= 0.3 is 0 Å². The standard InChI is InChI=1S/C13H24O2/c1-2-10-4-3-5-12(8-10)15-13-7-6-11(14)9-13/h10-14H,2-9H2,1H3. The second kappa shape index (κ2) is 5.31. The highest BCUT2D eigenvalue weighted by atomic mass is 16.5. The first-order valence-corrected chi connectivity index (χ1v) is 6.61. The van der Waals surface area contributed by atoms with Crippen molar-refractivity contribution in [3.05, 3.63) is 0 Å². The topological polar surface area (TPSA) is 29.5 Å². The molecule has 88 valence electrons. The highest BCUT2D eigenvalue weighted by molar-refractivity contribution is 4.79. The van der Waals surface area contributed by atoms with Crippen LogP contribution in [0.2, 0.25) is 0 Å². The Morgan fingerprint density at radius 1 is 1.07 bits per heavy atom. The second-order valence-electron chi connectivity index (χ2n) is 5.29. The zero-order chi connectivity index (χ0) is 10.7. The lowest BCUT2D eigenvalue weighted by atomic mass is 9.85. The minimum absolute atomic E-state index is 0.0967. The molecular formula is C13H24O2. The molecule has 0 saturated heterocycles. The average Bonchev–Trinajstić information content (AvgIpc) is 2.64. The van der Waals surface area contributed by atoms with E-state index in [1.54, 1.807) is 0 Å². The molecule has 0 aromatic carbocycles. The van der Waals surface area contributed by atoms with Gasteiger partial charge in [0, 0.05) is 0 Å². The first-order chi connectivity index (χ1) is 7.28. The molecule has 0 bridgehead atoms. The van der Waals surface area contributed by atoms with E-state index < -0.39 is 0 Å². The van der Waals surface area contributed by atoms with Gasteiger partial charge in [0.15, 0.2) is 0 Å². The summed E-state index contributed by atoms with van der Waals surface area (Å²) in [4.78, 5) is 0. The van der Waals surface area contributed by atoms with E-state index >= 15 is 0 Å². The van der Waals surface area contributed by atoms with Gasteiger partial charge < -0.3 is 9.84 Å². The first kappa shape index (κ1) is 11.4. The third-order valence-corrected chi connectivity index (χ3v) is 4.05. The van der Waals surface area contributed by atoms with Gasteiger partial charge in [-0.05, 0) is 38.0 Å². The largest absolute Gasteiger partial charge is 0.393 e. The van der Waals surface area contributed by atoms with Gasteiger partial charge in [0.1, 0.15) is 0 Å². The first-order valence-electron chi connectivity index (χ1n) is 6.61. The molecule has 0 aromatic heterocycles. The summed E-state index contributed by atoms with van der Waals surface area (Å²) in [7, 11) is 0. The zero-order valence-electron chi connectivity index (χ0n) is 9.82. The smallest absolute Gasteiger partial charge is 0.0604 e. The number of rotatable bonds is 3. The van der Waals surface area contributed by atoms with Crippen LogP contribution < -0.4 is 0 Å². The lowest BCUT2D eigenvalue weighted by Crippen LogP contribution is -2.26. The third kappa shape index (κ3) is 3.18. The maximum absolute atomic E-state index is 9.45. The van der Waals surface area contributed by atoms with Gasteiger partial charge in [-0.1, -0.05) is 26.2 Å². The molecule has 2 fully saturated rings. The number of ether oxygens (including phenoxy) is 1. The van der Waals surface area contributed by atoms with Crippen LogP contribution in [0, 0.1) is 5.92 Å². The number of aliphatic hydroxyl groups is 1. The van der Waals surface area contributed by atoms with Crippen molar-refractivity contribution in [2.45, 2.75) is 76.6 Å². The molecular weight excluding hydrogens is 188 g/mol. The molecule has 2 heteroatoms. The highest BCUT2D eigenvalue weighted by Crippen LogP contribution is 2.32. The monoisotopic (exact) mass is 212 g/mol. The van der Waals surface area contributed by atoms with Crippen molar-refractivity contribution in [2.75, 3.05) is 0 Å². The van der Waals surface area contributed by atoms with E-state index in [0.29, 0.717) is 12.2 Å². The van der Waals surface area contributed by atoms with Gasteiger partial charge in [-0.25, -0.2) is 0 Å². The Balaban J connectivity index is 1.74. The van der Waals surface area contributed by atoms with Crippen molar-refractivity contribution in [1.29, 1.82) is 0 Å². The van der Waals surface area contributed by atoms with E-state index in [1.807, 2.05) is 0 Å². The maximum atomic E-state index is 9.45. The molecule has 0 radical (unpaired) electrons. The Labute approximate surface area is 93.0 Å². The fraction of sp³-hybridized carbons (Fsp3) is 1.00. The van der Waals surface area contributed by atoms with Crippen molar-refractivity contribution in [2.24, 2.45) is 5.92 Å². The number of aliphatic hydroxyl groups excluding tert-OH is 1. The number of hydrogen-bond acceptors (Lipinski definition) is 2. The van der Waals surface area contributed by atoms with Crippen LogP contribution in [-0.2, 0) is 4.74 Å². The van der Waals surface area contributed by atoms with E-state index in [2.05, 4.69) is 6.92 Å². The number of hydrogen-bond donors (Lipinski definition) is 1. The summed E-state index contributed by atoms with van der Waals surface area (Å²) >= 11 is 0. The van der Waals surface area contributed by atoms with Crippen molar-refractivity contribution in [3.63, 3.8) is 0 Å². The normalized spacial score (nSPS) is 42.0. The van der Waals surface area contributed by atoms with Gasteiger partial charge in [-0.2, -0.15) is 0 Å². The summed E-state index contributed by atoms with van der Waals surface area (Å²) < 4.78 is 6.09. The molecule has 1 N–H and O–H groups in total. The van der Waals surface area contributed by atoms with Gasteiger partial charge in [-0.15, -0.1) is 0 Å². The highest BCUT2D eigenvalue weighted by Gasteiger charge is 2.28. The van der Waals surface area contributed by atoms with Crippen LogP contribution >= 0.6 is 0 Å². The van der Waals surface area contributed by atoms with Gasteiger partial charge in [0.05, 0.1) is 18.3 Å². The molecule has 2 aliphatic carbocycles. The zero-order valence-corrected chi connectivity index (χ0v) is 9.82. The van der Waals surface area contributed by atoms with Gasteiger partial charge in [-0.3, -0.25) is 0 Å². The van der Waals surface area contributed by atoms with Crippen LogP contribution in [0.3, 0.4) is 0 Å². The fourth-order valence-corrected chi connectivity index (χ4v) is 3.05. The summed E-state index contributed by atoms with van der Waals surface area (Å²) in [5, 5.41) is 9.45. The predicted molar refractivity (Wildman–Crippen MR) is 60.8 cm³/mol. The summed E-state index contributed by atoms with van der Waals surface area (Å²) in [6, 6.07) is 0. The minimum atomic E-state index is -0.0967. The van der Waals surface area contributed by atoms with Crippen molar-refractivity contribution in [1.82, 2.24) is 0 Å². The van der Waals surface area contributed by atoms with E-state index in [4.69, 9.17) is 4.74 Å². The Bertz CT molecular complexity index is 193. The van der Waals surface area contributed by atoms with Gasteiger partial charge in [0.2, 0.25) is 0 Å². The fourth-order valence-electron chi connectivity index (χ4n) is 3.05. The van der Waals surface area contributed by atoms with Crippen LogP contribution in [-0.4, -0.2) is 23.4 Å². The van der Waals surface area contributed by atoms with Crippen molar-refractivity contribution >= 4 is 0 Å². The van der Waals surface area contributed by atoms with Crippen molar-refractivity contribution < 1.29 is 9.84 Å². The quantitative estimate of drug-likeness (QED) is 0.779. The predicted octanol–water partition coefficient (Wildman–Crippen LogP) is 2.89. The molecule has 0 aliphatic heterocycles. The summed E-state index contributed by atoms with van der Waals surface area (Å²) in [5.41, 5.74) is 0. The molecule has 4 atom stereocenters. The lowest BCUT2D eigenvalue weighted by Gasteiger charge is -2.30. The molecule has 0 aromatic rings. The molecule has 0 spiro atoms. The summed E-state index contributed by atoms with van der Waals surface area (Å²) in [5.74, 6) is 0.884. The third-order valence-electron chi connectivity index (χ3n) is 4.05. The van der Waals surface area contributed by atoms with Crippen LogP contribution in [0.4, 0.5) is 0 Å². The molecule has 2 rings (SSSR count). The van der Waals surface area contributed by atoms with Crippen LogP contribution in [0.5, 0.6) is 0 Å². The molecule has 2 saturated carbocycles. The van der Waals surface area contributed by atoms with Crippen molar-refractivity contribution in [3.8, 4) is 0 Å². The molecule has 2 aliphatic rings. The lowest BCUT2D eigenvalue weighted by molar-refractivity contribution is -0.0412. The molecule has 0 amide bonds.